The maximum Gasteiger partial charge on any atom is 0.343 e. The van der Waals surface area contributed by atoms with E-state index in [4.69, 9.17) is 10.00 Å². The van der Waals surface area contributed by atoms with E-state index < -0.39 is 5.97 Å². The Morgan fingerprint density at radius 1 is 1.77 bits per heavy atom. The Morgan fingerprint density at radius 3 is 3.00 bits per heavy atom. The summed E-state index contributed by atoms with van der Waals surface area (Å²) in [4.78, 5) is 11.3. The zero-order valence-electron chi connectivity index (χ0n) is 7.42. The summed E-state index contributed by atoms with van der Waals surface area (Å²) in [6.45, 7) is 3.66. The second kappa shape index (κ2) is 3.72. The smallest absolute Gasteiger partial charge is 0.343 e. The normalized spacial score (nSPS) is 9.31. The third-order valence-corrected chi connectivity index (χ3v) is 1.53. The number of H-pyrrole nitrogens is 1. The van der Waals surface area contributed by atoms with Crippen LogP contribution < -0.4 is 0 Å². The summed E-state index contributed by atoms with van der Waals surface area (Å²) in [5, 5.41) is 14.8. The van der Waals surface area contributed by atoms with Crippen LogP contribution in [0, 0.1) is 18.3 Å². The molecule has 0 unspecified atom stereocenters. The van der Waals surface area contributed by atoms with Crippen molar-refractivity contribution in [2.45, 2.75) is 13.8 Å². The van der Waals surface area contributed by atoms with E-state index in [0.29, 0.717) is 5.69 Å². The minimum Gasteiger partial charge on any atom is -0.462 e. The van der Waals surface area contributed by atoms with E-state index in [1.54, 1.807) is 13.8 Å². The van der Waals surface area contributed by atoms with E-state index in [1.807, 2.05) is 6.07 Å². The maximum absolute atomic E-state index is 11.3. The van der Waals surface area contributed by atoms with Gasteiger partial charge in [-0.1, -0.05) is 0 Å². The number of aryl methyl sites for hydroxylation is 1. The Morgan fingerprint density at radius 2 is 2.46 bits per heavy atom. The molecule has 0 aromatic carbocycles. The molecule has 0 amide bonds. The van der Waals surface area contributed by atoms with E-state index in [1.165, 1.54) is 0 Å². The van der Waals surface area contributed by atoms with Crippen LogP contribution in [-0.2, 0) is 4.74 Å². The lowest BCUT2D eigenvalue weighted by atomic mass is 10.2. The topological polar surface area (TPSA) is 78.8 Å². The molecule has 0 saturated carbocycles. The average molecular weight is 179 g/mol. The van der Waals surface area contributed by atoms with Gasteiger partial charge in [0.1, 0.15) is 11.6 Å². The second-order valence-electron chi connectivity index (χ2n) is 2.40. The third kappa shape index (κ3) is 1.67. The zero-order chi connectivity index (χ0) is 9.84. The van der Waals surface area contributed by atoms with Gasteiger partial charge in [-0.3, -0.25) is 5.10 Å². The summed E-state index contributed by atoms with van der Waals surface area (Å²) in [7, 11) is 0. The Bertz CT molecular complexity index is 362. The quantitative estimate of drug-likeness (QED) is 0.680. The molecule has 0 aliphatic rings. The summed E-state index contributed by atoms with van der Waals surface area (Å²) < 4.78 is 4.76. The van der Waals surface area contributed by atoms with Gasteiger partial charge in [0.2, 0.25) is 0 Å². The van der Waals surface area contributed by atoms with Crippen LogP contribution in [0.2, 0.25) is 0 Å². The Hall–Kier alpha value is -1.83. The number of carbonyl (C=O) groups excluding carboxylic acids is 1. The van der Waals surface area contributed by atoms with Crippen molar-refractivity contribution in [1.29, 1.82) is 5.26 Å². The SMILES string of the molecule is CCOC(=O)c1c(C#N)n[nH]c1C. The highest BCUT2D eigenvalue weighted by atomic mass is 16.5. The summed E-state index contributed by atoms with van der Waals surface area (Å²) in [6.07, 6.45) is 0. The van der Waals surface area contributed by atoms with E-state index in [0.717, 1.165) is 0 Å². The molecule has 0 saturated heterocycles. The molecular formula is C8H9N3O2. The van der Waals surface area contributed by atoms with Crippen molar-refractivity contribution in [3.05, 3.63) is 17.0 Å². The van der Waals surface area contributed by atoms with Crippen LogP contribution in [0.15, 0.2) is 0 Å². The number of rotatable bonds is 2. The summed E-state index contributed by atoms with van der Waals surface area (Å²) in [6, 6.07) is 1.81. The molecule has 0 aliphatic carbocycles. The monoisotopic (exact) mass is 179 g/mol. The molecule has 1 N–H and O–H groups in total. The van der Waals surface area contributed by atoms with Gasteiger partial charge >= 0.3 is 5.97 Å². The van der Waals surface area contributed by atoms with Crippen LogP contribution in [-0.4, -0.2) is 22.8 Å². The molecule has 1 rings (SSSR count). The molecule has 13 heavy (non-hydrogen) atoms. The van der Waals surface area contributed by atoms with E-state index >= 15 is 0 Å². The molecule has 5 nitrogen and oxygen atoms in total. The predicted octanol–water partition coefficient (Wildman–Crippen LogP) is 0.766. The average Bonchev–Trinajstić information content (AvgIpc) is 2.47. The number of nitrogens with zero attached hydrogens (tertiary/aromatic N) is 2. The highest BCUT2D eigenvalue weighted by Gasteiger charge is 2.18. The molecule has 1 aromatic heterocycles. The fourth-order valence-electron chi connectivity index (χ4n) is 0.963. The van der Waals surface area contributed by atoms with Crippen molar-refractivity contribution in [1.82, 2.24) is 10.2 Å². The molecule has 0 radical (unpaired) electrons. The lowest BCUT2D eigenvalue weighted by Gasteiger charge is -1.99. The highest BCUT2D eigenvalue weighted by molar-refractivity contribution is 5.92. The van der Waals surface area contributed by atoms with Crippen molar-refractivity contribution in [3.8, 4) is 6.07 Å². The molecule has 68 valence electrons. The highest BCUT2D eigenvalue weighted by Crippen LogP contribution is 2.10. The molecule has 0 atom stereocenters. The Balaban J connectivity index is 3.05. The van der Waals surface area contributed by atoms with E-state index in [-0.39, 0.29) is 17.9 Å². The summed E-state index contributed by atoms with van der Waals surface area (Å²) in [5.74, 6) is -0.509. The molecule has 1 aromatic rings. The van der Waals surface area contributed by atoms with Crippen LogP contribution in [0.1, 0.15) is 28.7 Å². The first-order chi connectivity index (χ1) is 6.20. The minimum atomic E-state index is -0.509. The van der Waals surface area contributed by atoms with Gasteiger partial charge < -0.3 is 4.74 Å². The van der Waals surface area contributed by atoms with Crippen molar-refractivity contribution in [2.75, 3.05) is 6.61 Å². The number of aromatic nitrogens is 2. The first kappa shape index (κ1) is 9.26. The van der Waals surface area contributed by atoms with Crippen molar-refractivity contribution < 1.29 is 9.53 Å². The zero-order valence-corrected chi connectivity index (χ0v) is 7.42. The lowest BCUT2D eigenvalue weighted by Crippen LogP contribution is -2.06. The van der Waals surface area contributed by atoms with Gasteiger partial charge in [0.05, 0.1) is 6.61 Å². The lowest BCUT2D eigenvalue weighted by molar-refractivity contribution is 0.0525. The van der Waals surface area contributed by atoms with Crippen LogP contribution in [0.4, 0.5) is 0 Å². The van der Waals surface area contributed by atoms with Crippen LogP contribution in [0.5, 0.6) is 0 Å². The number of esters is 1. The first-order valence-corrected chi connectivity index (χ1v) is 3.82. The van der Waals surface area contributed by atoms with Gasteiger partial charge in [0, 0.05) is 5.69 Å². The fourth-order valence-corrected chi connectivity index (χ4v) is 0.963. The number of nitrogens with one attached hydrogen (secondary N) is 1. The minimum absolute atomic E-state index is 0.0796. The largest absolute Gasteiger partial charge is 0.462 e. The maximum atomic E-state index is 11.3. The summed E-state index contributed by atoms with van der Waals surface area (Å²) >= 11 is 0. The Labute approximate surface area is 75.3 Å². The van der Waals surface area contributed by atoms with Gasteiger partial charge in [-0.25, -0.2) is 4.79 Å². The molecular weight excluding hydrogens is 170 g/mol. The molecule has 1 heterocycles. The molecule has 0 fully saturated rings. The molecule has 5 heteroatoms. The summed E-state index contributed by atoms with van der Waals surface area (Å²) in [5.41, 5.74) is 0.857. The predicted molar refractivity (Wildman–Crippen MR) is 44.0 cm³/mol. The number of hydrogen-bond acceptors (Lipinski definition) is 4. The van der Waals surface area contributed by atoms with E-state index in [2.05, 4.69) is 10.2 Å². The van der Waals surface area contributed by atoms with Crippen molar-refractivity contribution >= 4 is 5.97 Å². The van der Waals surface area contributed by atoms with Gasteiger partial charge in [0.15, 0.2) is 5.69 Å². The van der Waals surface area contributed by atoms with Gasteiger partial charge in [-0.2, -0.15) is 10.4 Å². The standard InChI is InChI=1S/C8H9N3O2/c1-3-13-8(12)7-5(2)10-11-6(7)4-9/h3H2,1-2H3,(H,10,11). The van der Waals surface area contributed by atoms with Gasteiger partial charge in [0.25, 0.3) is 0 Å². The molecule has 0 aliphatic heterocycles. The fraction of sp³-hybridized carbons (Fsp3) is 0.375. The number of nitriles is 1. The molecule has 0 bridgehead atoms. The van der Waals surface area contributed by atoms with Gasteiger partial charge in [-0.15, -0.1) is 0 Å². The van der Waals surface area contributed by atoms with Gasteiger partial charge in [-0.05, 0) is 13.8 Å². The molecule has 0 spiro atoms. The van der Waals surface area contributed by atoms with Crippen LogP contribution in [0.25, 0.3) is 0 Å². The Kier molecular flexibility index (Phi) is 2.65. The van der Waals surface area contributed by atoms with Crippen LogP contribution in [0.3, 0.4) is 0 Å². The number of aromatic amines is 1. The third-order valence-electron chi connectivity index (χ3n) is 1.53. The number of carbonyl (C=O) groups is 1. The van der Waals surface area contributed by atoms with Crippen LogP contribution >= 0.6 is 0 Å². The number of hydrogen-bond donors (Lipinski definition) is 1. The van der Waals surface area contributed by atoms with Crippen molar-refractivity contribution in [3.63, 3.8) is 0 Å². The second-order valence-corrected chi connectivity index (χ2v) is 2.40. The van der Waals surface area contributed by atoms with E-state index in [9.17, 15) is 4.79 Å². The number of ether oxygens (including phenoxy) is 1. The van der Waals surface area contributed by atoms with Crippen molar-refractivity contribution in [2.24, 2.45) is 0 Å². The first-order valence-electron chi connectivity index (χ1n) is 3.82.